The van der Waals surface area contributed by atoms with Gasteiger partial charge in [0.1, 0.15) is 16.3 Å². The topological polar surface area (TPSA) is 94.6 Å². The Morgan fingerprint density at radius 1 is 0.927 bits per heavy atom. The van der Waals surface area contributed by atoms with Gasteiger partial charge < -0.3 is 20.4 Å². The van der Waals surface area contributed by atoms with E-state index in [0.29, 0.717) is 35.0 Å². The number of benzene rings is 2. The van der Waals surface area contributed by atoms with E-state index in [0.717, 1.165) is 72.2 Å². The van der Waals surface area contributed by atoms with E-state index in [2.05, 4.69) is 26.6 Å². The molecule has 1 saturated heterocycles. The van der Waals surface area contributed by atoms with Gasteiger partial charge >= 0.3 is 0 Å². The predicted octanol–water partition coefficient (Wildman–Crippen LogP) is 5.44. The van der Waals surface area contributed by atoms with E-state index in [4.69, 9.17) is 0 Å². The third-order valence-corrected chi connectivity index (χ3v) is 9.03. The van der Waals surface area contributed by atoms with Crippen LogP contribution in [0.1, 0.15) is 40.1 Å². The van der Waals surface area contributed by atoms with E-state index >= 15 is 0 Å². The summed E-state index contributed by atoms with van der Waals surface area (Å²) in [6, 6.07) is 17.7. The molecule has 206 valence electrons. The molecule has 0 aliphatic carbocycles. The van der Waals surface area contributed by atoms with Crippen LogP contribution in [-0.2, 0) is 13.0 Å². The molecule has 0 bridgehead atoms. The number of para-hydroxylation sites is 1. The largest absolute Gasteiger partial charge is 0.380 e. The van der Waals surface area contributed by atoms with Crippen LogP contribution >= 0.6 is 11.3 Å². The van der Waals surface area contributed by atoms with E-state index in [1.165, 1.54) is 11.3 Å². The molecule has 2 N–H and O–H groups in total. The first-order valence-corrected chi connectivity index (χ1v) is 14.9. The number of nitrogens with one attached hydrogen (secondary N) is 2. The van der Waals surface area contributed by atoms with Crippen molar-refractivity contribution in [2.75, 3.05) is 40.1 Å². The van der Waals surface area contributed by atoms with Crippen LogP contribution in [0.3, 0.4) is 0 Å². The van der Waals surface area contributed by atoms with Crippen LogP contribution in [0.5, 0.6) is 0 Å². The molecular weight excluding hydrogens is 534 g/mol. The first-order chi connectivity index (χ1) is 20.1. The summed E-state index contributed by atoms with van der Waals surface area (Å²) in [6.07, 6.45) is 5.80. The van der Waals surface area contributed by atoms with Gasteiger partial charge in [-0.25, -0.2) is 0 Å². The molecule has 0 radical (unpaired) electrons. The van der Waals surface area contributed by atoms with Gasteiger partial charge in [0, 0.05) is 49.1 Å². The third-order valence-electron chi connectivity index (χ3n) is 8.12. The Bertz CT molecular complexity index is 1840. The minimum atomic E-state index is -0.413. The highest BCUT2D eigenvalue weighted by molar-refractivity contribution is 7.12. The number of amides is 1. The summed E-state index contributed by atoms with van der Waals surface area (Å²) >= 11 is 1.38. The van der Waals surface area contributed by atoms with Gasteiger partial charge in [-0.2, -0.15) is 0 Å². The summed E-state index contributed by atoms with van der Waals surface area (Å²) in [4.78, 5) is 47.8. The molecule has 0 unspecified atom stereocenters. The molecule has 4 heterocycles. The van der Waals surface area contributed by atoms with Crippen molar-refractivity contribution in [2.24, 2.45) is 0 Å². The molecule has 2 aromatic heterocycles. The first-order valence-electron chi connectivity index (χ1n) is 14.0. The standard InChI is InChI=1S/C32H29N5O3S/c38-29-27(36-14-4-1-5-15-36)28(30(29)39)37-16-11-20-8-9-22(18-26(20)37)35-32(40)31-25(12-17-41-31)34-19-21-10-13-33-24-7-3-2-6-23(21)24/h2-3,6-10,12-13,17-18,34H,1,4-5,11,14-16,19H2,(H,35,40). The quantitative estimate of drug-likeness (QED) is 0.255. The van der Waals surface area contributed by atoms with Crippen molar-refractivity contribution >= 4 is 56.6 Å². The summed E-state index contributed by atoms with van der Waals surface area (Å²) in [7, 11) is 0. The van der Waals surface area contributed by atoms with Gasteiger partial charge in [-0.1, -0.05) is 24.3 Å². The normalized spacial score (nSPS) is 14.9. The second kappa shape index (κ2) is 10.5. The summed E-state index contributed by atoms with van der Waals surface area (Å²) in [5.41, 5.74) is 5.72. The van der Waals surface area contributed by atoms with E-state index in [1.54, 1.807) is 6.20 Å². The van der Waals surface area contributed by atoms with Crippen molar-refractivity contribution in [3.63, 3.8) is 0 Å². The fourth-order valence-electron chi connectivity index (χ4n) is 6.03. The van der Waals surface area contributed by atoms with Crippen LogP contribution < -0.4 is 31.3 Å². The molecule has 3 aromatic carbocycles. The smallest absolute Gasteiger partial charge is 0.267 e. The molecule has 2 aliphatic heterocycles. The Labute approximate surface area is 241 Å². The Balaban J connectivity index is 1.09. The highest BCUT2D eigenvalue weighted by Crippen LogP contribution is 2.39. The maximum absolute atomic E-state index is 13.4. The number of nitrogens with zero attached hydrogens (tertiary/aromatic N) is 3. The molecule has 2 aliphatic rings. The van der Waals surface area contributed by atoms with Crippen molar-refractivity contribution in [1.82, 2.24) is 4.98 Å². The number of fused-ring (bicyclic) bond motifs is 2. The second-order valence-corrected chi connectivity index (χ2v) is 11.5. The number of thiophene rings is 1. The zero-order chi connectivity index (χ0) is 27.9. The van der Waals surface area contributed by atoms with Crippen LogP contribution in [0.2, 0.25) is 0 Å². The van der Waals surface area contributed by atoms with Crippen molar-refractivity contribution < 1.29 is 4.79 Å². The average Bonchev–Trinajstić information content (AvgIpc) is 3.65. The van der Waals surface area contributed by atoms with Crippen LogP contribution in [0, 0.1) is 0 Å². The summed E-state index contributed by atoms with van der Waals surface area (Å²) < 4.78 is 0. The van der Waals surface area contributed by atoms with Crippen molar-refractivity contribution in [3.05, 3.63) is 103 Å². The van der Waals surface area contributed by atoms with Crippen molar-refractivity contribution in [2.45, 2.75) is 32.2 Å². The van der Waals surface area contributed by atoms with Crippen LogP contribution in [-0.4, -0.2) is 30.5 Å². The molecular formula is C32H29N5O3S. The van der Waals surface area contributed by atoms with E-state index in [-0.39, 0.29) is 11.3 Å². The Kier molecular flexibility index (Phi) is 6.51. The molecule has 8 nitrogen and oxygen atoms in total. The highest BCUT2D eigenvalue weighted by Gasteiger charge is 2.34. The summed E-state index contributed by atoms with van der Waals surface area (Å²) in [5, 5.41) is 9.46. The van der Waals surface area contributed by atoms with E-state index in [9.17, 15) is 14.4 Å². The van der Waals surface area contributed by atoms with Gasteiger partial charge in [-0.3, -0.25) is 19.4 Å². The lowest BCUT2D eigenvalue weighted by molar-refractivity contribution is 0.103. The zero-order valence-corrected chi connectivity index (χ0v) is 23.3. The molecule has 1 amide bonds. The summed E-state index contributed by atoms with van der Waals surface area (Å²) in [5.74, 6) is -0.199. The second-order valence-electron chi connectivity index (χ2n) is 10.6. The minimum Gasteiger partial charge on any atom is -0.380 e. The number of hydrogen-bond donors (Lipinski definition) is 2. The van der Waals surface area contributed by atoms with Gasteiger partial charge in [0.05, 0.1) is 11.2 Å². The SMILES string of the molecule is O=C(Nc1ccc2c(c1)N(c1c(N3CCCCC3)c(=O)c1=O)CC2)c1sccc1NCc1ccnc2ccccc12. The number of rotatable bonds is 7. The van der Waals surface area contributed by atoms with E-state index in [1.807, 2.05) is 58.8 Å². The van der Waals surface area contributed by atoms with Crippen molar-refractivity contribution in [1.29, 1.82) is 0 Å². The van der Waals surface area contributed by atoms with Crippen LogP contribution in [0.25, 0.3) is 10.9 Å². The molecule has 7 rings (SSSR count). The maximum atomic E-state index is 13.4. The first kappa shape index (κ1) is 25.5. The molecule has 0 saturated carbocycles. The lowest BCUT2D eigenvalue weighted by Gasteiger charge is -2.33. The van der Waals surface area contributed by atoms with Gasteiger partial charge in [-0.05, 0) is 72.5 Å². The fourth-order valence-corrected chi connectivity index (χ4v) is 6.80. The molecule has 41 heavy (non-hydrogen) atoms. The lowest BCUT2D eigenvalue weighted by Crippen LogP contribution is -2.46. The molecule has 9 heteroatoms. The number of piperidine rings is 1. The Hall–Kier alpha value is -4.50. The Morgan fingerprint density at radius 3 is 2.63 bits per heavy atom. The number of pyridine rings is 1. The van der Waals surface area contributed by atoms with Gasteiger partial charge in [-0.15, -0.1) is 11.3 Å². The van der Waals surface area contributed by atoms with Crippen molar-refractivity contribution in [3.8, 4) is 0 Å². The van der Waals surface area contributed by atoms with Gasteiger partial charge in [0.15, 0.2) is 0 Å². The molecule has 0 spiro atoms. The van der Waals surface area contributed by atoms with Crippen LogP contribution in [0.4, 0.5) is 28.4 Å². The molecule has 0 atom stereocenters. The predicted molar refractivity (Wildman–Crippen MR) is 166 cm³/mol. The van der Waals surface area contributed by atoms with Gasteiger partial charge in [0.2, 0.25) is 0 Å². The maximum Gasteiger partial charge on any atom is 0.267 e. The molecule has 5 aromatic rings. The van der Waals surface area contributed by atoms with E-state index < -0.39 is 5.43 Å². The lowest BCUT2D eigenvalue weighted by atomic mass is 10.1. The fraction of sp³-hybridized carbons (Fsp3) is 0.250. The van der Waals surface area contributed by atoms with Crippen LogP contribution in [0.15, 0.2) is 75.8 Å². The zero-order valence-electron chi connectivity index (χ0n) is 22.5. The summed E-state index contributed by atoms with van der Waals surface area (Å²) in [6.45, 7) is 2.82. The number of carbonyl (C=O) groups is 1. The number of carbonyl (C=O) groups excluding carboxylic acids is 1. The number of anilines is 5. The minimum absolute atomic E-state index is 0.199. The monoisotopic (exact) mass is 563 g/mol. The third kappa shape index (κ3) is 4.56. The number of hydrogen-bond acceptors (Lipinski definition) is 8. The number of aromatic nitrogens is 1. The Morgan fingerprint density at radius 2 is 1.76 bits per heavy atom. The highest BCUT2D eigenvalue weighted by atomic mass is 32.1. The average molecular weight is 564 g/mol. The van der Waals surface area contributed by atoms with Gasteiger partial charge in [0.25, 0.3) is 16.8 Å². The molecule has 1 fully saturated rings.